The minimum Gasteiger partial charge on any atom is -0.414 e. The smallest absolute Gasteiger partial charge is 0.284 e. The van der Waals surface area contributed by atoms with Gasteiger partial charge in [-0.05, 0) is 63.5 Å². The van der Waals surface area contributed by atoms with Crippen LogP contribution >= 0.6 is 12.2 Å². The van der Waals surface area contributed by atoms with Gasteiger partial charge in [-0.1, -0.05) is 6.42 Å². The molecule has 1 fully saturated rings. The number of carbonyl (C=O) groups is 2. The molecule has 2 aromatic rings. The second-order valence-corrected chi connectivity index (χ2v) is 7.99. The van der Waals surface area contributed by atoms with E-state index in [2.05, 4.69) is 20.8 Å². The number of hydrogen-bond donors (Lipinski definition) is 4. The zero-order valence-corrected chi connectivity index (χ0v) is 18.0. The largest absolute Gasteiger partial charge is 0.414 e. The van der Waals surface area contributed by atoms with Crippen molar-refractivity contribution in [1.82, 2.24) is 25.4 Å². The summed E-state index contributed by atoms with van der Waals surface area (Å²) in [6.45, 7) is 3.27. The first-order valence-corrected chi connectivity index (χ1v) is 10.9. The normalized spacial score (nSPS) is 19.5. The molecule has 0 bridgehead atoms. The average molecular weight is 435 g/mol. The highest BCUT2D eigenvalue weighted by Crippen LogP contribution is 2.33. The van der Waals surface area contributed by atoms with Gasteiger partial charge in [0, 0.05) is 24.5 Å². The third kappa shape index (κ3) is 5.57. The fourth-order valence-electron chi connectivity index (χ4n) is 4.03. The second kappa shape index (κ2) is 10.5. The van der Waals surface area contributed by atoms with Gasteiger partial charge < -0.3 is 25.4 Å². The molecule has 0 radical (unpaired) electrons. The van der Waals surface area contributed by atoms with Crippen LogP contribution in [0.15, 0.2) is 22.7 Å². The van der Waals surface area contributed by atoms with Crippen LogP contribution < -0.4 is 16.4 Å². The van der Waals surface area contributed by atoms with Crippen molar-refractivity contribution >= 4 is 24.0 Å². The number of aryl methyl sites for hydroxylation is 1. The Morgan fingerprint density at radius 1 is 1.47 bits per heavy atom. The Kier molecular flexibility index (Phi) is 7.81. The van der Waals surface area contributed by atoms with Gasteiger partial charge in [0.15, 0.2) is 0 Å². The number of nitrogens with two attached hydrogens (primary N) is 1. The topological polar surface area (TPSA) is 131 Å². The predicted molar refractivity (Wildman–Crippen MR) is 114 cm³/mol. The zero-order chi connectivity index (χ0) is 21.5. The molecule has 1 aliphatic rings. The lowest BCUT2D eigenvalue weighted by molar-refractivity contribution is -0.129. The van der Waals surface area contributed by atoms with Gasteiger partial charge >= 0.3 is 0 Å². The second-order valence-electron chi connectivity index (χ2n) is 7.62. The van der Waals surface area contributed by atoms with Gasteiger partial charge in [0.05, 0.1) is 12.3 Å². The predicted octanol–water partition coefficient (Wildman–Crippen LogP) is 1.77. The van der Waals surface area contributed by atoms with E-state index in [0.717, 1.165) is 31.5 Å². The van der Waals surface area contributed by atoms with Crippen LogP contribution in [0.25, 0.3) is 0 Å². The molecule has 1 saturated carbocycles. The standard InChI is InChI=1S/C20H30N6O3S/c1-2-26-11-5-6-13(26)12-17(27)22-16(9-4-10-21)18(28)23-15-8-3-7-14(15)19-24-25-20(30)29-19/h5-6,11,14-16H,2-4,7-10,12,21H2,1H3,(H,22,27)(H,23,28)(H,25,30). The Morgan fingerprint density at radius 3 is 3.00 bits per heavy atom. The minimum atomic E-state index is -0.627. The maximum absolute atomic E-state index is 13.0. The number of carbonyl (C=O) groups excluding carboxylic acids is 2. The average Bonchev–Trinajstić information content (AvgIpc) is 3.46. The van der Waals surface area contributed by atoms with E-state index >= 15 is 0 Å². The van der Waals surface area contributed by atoms with Crippen molar-refractivity contribution in [3.63, 3.8) is 0 Å². The van der Waals surface area contributed by atoms with Crippen molar-refractivity contribution in [2.24, 2.45) is 5.73 Å². The monoisotopic (exact) mass is 434 g/mol. The molecule has 0 spiro atoms. The number of H-pyrrole nitrogens is 1. The molecule has 2 heterocycles. The maximum Gasteiger partial charge on any atom is 0.284 e. The van der Waals surface area contributed by atoms with Crippen LogP contribution in [0.2, 0.25) is 0 Å². The summed E-state index contributed by atoms with van der Waals surface area (Å²) in [5.41, 5.74) is 6.56. The van der Waals surface area contributed by atoms with Gasteiger partial charge in [-0.3, -0.25) is 9.59 Å². The number of amides is 2. The Balaban J connectivity index is 1.63. The summed E-state index contributed by atoms with van der Waals surface area (Å²) in [6, 6.07) is 3.10. The number of aromatic amines is 1. The Labute approximate surface area is 180 Å². The molecule has 164 valence electrons. The van der Waals surface area contributed by atoms with Gasteiger partial charge in [0.1, 0.15) is 6.04 Å². The van der Waals surface area contributed by atoms with Crippen molar-refractivity contribution in [2.45, 2.75) is 70.0 Å². The van der Waals surface area contributed by atoms with Crippen LogP contribution in [0.3, 0.4) is 0 Å². The SMILES string of the molecule is CCn1cccc1CC(=O)NC(CCCN)C(=O)NC1CCCC1c1n[nH]c(=S)o1. The molecule has 1 aliphatic carbocycles. The molecule has 0 aromatic carbocycles. The lowest BCUT2D eigenvalue weighted by atomic mass is 10.0. The molecule has 9 nitrogen and oxygen atoms in total. The molecule has 30 heavy (non-hydrogen) atoms. The minimum absolute atomic E-state index is 0.0272. The van der Waals surface area contributed by atoms with Gasteiger partial charge in [-0.2, -0.15) is 0 Å². The highest BCUT2D eigenvalue weighted by Gasteiger charge is 2.35. The summed E-state index contributed by atoms with van der Waals surface area (Å²) in [4.78, 5) is 25.8. The van der Waals surface area contributed by atoms with E-state index in [1.807, 2.05) is 29.8 Å². The highest BCUT2D eigenvalue weighted by molar-refractivity contribution is 7.71. The first kappa shape index (κ1) is 22.2. The molecule has 2 amide bonds. The first-order chi connectivity index (χ1) is 14.5. The summed E-state index contributed by atoms with van der Waals surface area (Å²) in [5, 5.41) is 12.7. The summed E-state index contributed by atoms with van der Waals surface area (Å²) >= 11 is 4.96. The van der Waals surface area contributed by atoms with E-state index in [9.17, 15) is 9.59 Å². The highest BCUT2D eigenvalue weighted by atomic mass is 32.1. The molecule has 3 rings (SSSR count). The quantitative estimate of drug-likeness (QED) is 0.422. The van der Waals surface area contributed by atoms with Gasteiger partial charge in [-0.15, -0.1) is 5.10 Å². The van der Waals surface area contributed by atoms with Crippen LogP contribution in [0.4, 0.5) is 0 Å². The number of rotatable bonds is 10. The molecule has 2 aromatic heterocycles. The van der Waals surface area contributed by atoms with E-state index in [1.54, 1.807) is 0 Å². The molecule has 10 heteroatoms. The summed E-state index contributed by atoms with van der Waals surface area (Å²) in [6.07, 6.45) is 5.95. The van der Waals surface area contributed by atoms with Gasteiger partial charge in [0.2, 0.25) is 17.7 Å². The van der Waals surface area contributed by atoms with E-state index < -0.39 is 6.04 Å². The Morgan fingerprint density at radius 2 is 2.30 bits per heavy atom. The molecular formula is C20H30N6O3S. The molecule has 0 saturated heterocycles. The first-order valence-electron chi connectivity index (χ1n) is 10.5. The molecule has 0 aliphatic heterocycles. The van der Waals surface area contributed by atoms with Crippen LogP contribution in [-0.2, 0) is 22.6 Å². The summed E-state index contributed by atoms with van der Waals surface area (Å²) in [5.74, 6) is 0.113. The molecule has 3 atom stereocenters. The Bertz CT molecular complexity index is 904. The lowest BCUT2D eigenvalue weighted by Crippen LogP contribution is -2.50. The van der Waals surface area contributed by atoms with E-state index in [-0.39, 0.29) is 35.0 Å². The molecule has 3 unspecified atom stereocenters. The number of aromatic nitrogens is 3. The Hall–Kier alpha value is -2.46. The maximum atomic E-state index is 13.0. The van der Waals surface area contributed by atoms with E-state index in [1.165, 1.54) is 0 Å². The summed E-state index contributed by atoms with van der Waals surface area (Å²) in [7, 11) is 0. The number of nitrogens with one attached hydrogen (secondary N) is 3. The number of nitrogens with zero attached hydrogens (tertiary/aromatic N) is 2. The molecular weight excluding hydrogens is 404 g/mol. The molecule has 5 N–H and O–H groups in total. The van der Waals surface area contributed by atoms with Crippen molar-refractivity contribution in [1.29, 1.82) is 0 Å². The van der Waals surface area contributed by atoms with Crippen LogP contribution in [0.5, 0.6) is 0 Å². The van der Waals surface area contributed by atoms with E-state index in [4.69, 9.17) is 22.4 Å². The zero-order valence-electron chi connectivity index (χ0n) is 17.2. The van der Waals surface area contributed by atoms with E-state index in [0.29, 0.717) is 25.3 Å². The fraction of sp³-hybridized carbons (Fsp3) is 0.600. The van der Waals surface area contributed by atoms with Crippen LogP contribution in [0.1, 0.15) is 56.5 Å². The van der Waals surface area contributed by atoms with Crippen molar-refractivity contribution in [2.75, 3.05) is 6.54 Å². The fourth-order valence-corrected chi connectivity index (χ4v) is 4.16. The van der Waals surface area contributed by atoms with Gasteiger partial charge in [0.25, 0.3) is 4.84 Å². The van der Waals surface area contributed by atoms with Gasteiger partial charge in [-0.25, -0.2) is 5.10 Å². The number of hydrogen-bond acceptors (Lipinski definition) is 6. The van der Waals surface area contributed by atoms with Crippen LogP contribution in [0, 0.1) is 4.84 Å². The van der Waals surface area contributed by atoms with Crippen LogP contribution in [-0.4, -0.2) is 45.2 Å². The summed E-state index contributed by atoms with van der Waals surface area (Å²) < 4.78 is 7.47. The van der Waals surface area contributed by atoms with Crippen molar-refractivity contribution < 1.29 is 14.0 Å². The third-order valence-electron chi connectivity index (χ3n) is 5.57. The van der Waals surface area contributed by atoms with Crippen molar-refractivity contribution in [3.05, 3.63) is 34.8 Å². The lowest BCUT2D eigenvalue weighted by Gasteiger charge is -2.23. The third-order valence-corrected chi connectivity index (χ3v) is 5.74. The van der Waals surface area contributed by atoms with Crippen molar-refractivity contribution in [3.8, 4) is 0 Å².